The second kappa shape index (κ2) is 6.91. The van der Waals surface area contributed by atoms with Crippen LogP contribution in [-0.2, 0) is 4.79 Å². The summed E-state index contributed by atoms with van der Waals surface area (Å²) in [5.41, 5.74) is 1.44. The summed E-state index contributed by atoms with van der Waals surface area (Å²) in [6.45, 7) is 6.64. The Hall–Kier alpha value is -1.89. The zero-order valence-corrected chi connectivity index (χ0v) is 13.7. The van der Waals surface area contributed by atoms with Crippen molar-refractivity contribution in [2.45, 2.75) is 27.2 Å². The average molecular weight is 321 g/mol. The number of hydrogen-bond donors (Lipinski definition) is 0. The minimum absolute atomic E-state index is 0.0491. The van der Waals surface area contributed by atoms with E-state index in [1.165, 1.54) is 23.9 Å². The van der Waals surface area contributed by atoms with Crippen molar-refractivity contribution >= 4 is 34.2 Å². The van der Waals surface area contributed by atoms with Gasteiger partial charge in [-0.3, -0.25) is 19.8 Å². The van der Waals surface area contributed by atoms with Crippen LogP contribution in [0, 0.1) is 23.0 Å². The van der Waals surface area contributed by atoms with E-state index in [1.54, 1.807) is 17.9 Å². The molecule has 1 aromatic carbocycles. The Balaban J connectivity index is 2.27. The van der Waals surface area contributed by atoms with Crippen LogP contribution in [0.4, 0.5) is 11.4 Å². The molecule has 0 radical (unpaired) electrons. The maximum Gasteiger partial charge on any atom is 0.269 e. The molecule has 1 aliphatic heterocycles. The number of nitro groups is 1. The molecule has 0 aromatic heterocycles. The molecule has 1 aromatic rings. The van der Waals surface area contributed by atoms with Crippen molar-refractivity contribution in [3.8, 4) is 0 Å². The number of carbonyl (C=O) groups is 1. The monoisotopic (exact) mass is 321 g/mol. The molecule has 1 atom stereocenters. The number of amides is 1. The van der Waals surface area contributed by atoms with Gasteiger partial charge in [0, 0.05) is 18.7 Å². The number of aliphatic imine (C=N–C) groups is 1. The number of nitrogens with zero attached hydrogens (tertiary/aromatic N) is 3. The third-order valence-electron chi connectivity index (χ3n) is 3.66. The van der Waals surface area contributed by atoms with Crippen molar-refractivity contribution < 1.29 is 9.72 Å². The molecule has 1 amide bonds. The SMILES string of the molecule is CC[C@H](C)CN1C(=O)CSC1=Nc1ccc([N+](=O)[O-])cc1C. The first-order chi connectivity index (χ1) is 10.4. The Bertz CT molecular complexity index is 630. The lowest BCUT2D eigenvalue weighted by Crippen LogP contribution is -2.33. The van der Waals surface area contributed by atoms with Gasteiger partial charge in [0.1, 0.15) is 0 Å². The second-order valence-electron chi connectivity index (χ2n) is 5.43. The highest BCUT2D eigenvalue weighted by atomic mass is 32.2. The Labute approximate surface area is 133 Å². The van der Waals surface area contributed by atoms with E-state index in [0.717, 1.165) is 12.0 Å². The summed E-state index contributed by atoms with van der Waals surface area (Å²) in [5.74, 6) is 0.885. The van der Waals surface area contributed by atoms with Crippen molar-refractivity contribution in [1.82, 2.24) is 4.90 Å². The first-order valence-corrected chi connectivity index (χ1v) is 8.17. The predicted octanol–water partition coefficient (Wildman–Crippen LogP) is 3.51. The summed E-state index contributed by atoms with van der Waals surface area (Å²) in [6.07, 6.45) is 0.998. The molecule has 1 heterocycles. The quantitative estimate of drug-likeness (QED) is 0.614. The number of hydrogen-bond acceptors (Lipinski definition) is 5. The second-order valence-corrected chi connectivity index (χ2v) is 6.37. The Morgan fingerprint density at radius 2 is 2.23 bits per heavy atom. The van der Waals surface area contributed by atoms with Gasteiger partial charge in [-0.15, -0.1) is 0 Å². The van der Waals surface area contributed by atoms with E-state index in [-0.39, 0.29) is 11.6 Å². The number of non-ortho nitro benzene ring substituents is 1. The van der Waals surface area contributed by atoms with Crippen LogP contribution in [0.2, 0.25) is 0 Å². The van der Waals surface area contributed by atoms with Gasteiger partial charge in [0.2, 0.25) is 5.91 Å². The zero-order valence-electron chi connectivity index (χ0n) is 12.9. The normalized spacial score (nSPS) is 18.0. The maximum absolute atomic E-state index is 12.0. The summed E-state index contributed by atoms with van der Waals surface area (Å²) in [4.78, 5) is 28.6. The molecular formula is C15H19N3O3S. The minimum atomic E-state index is -0.424. The Morgan fingerprint density at radius 3 is 2.82 bits per heavy atom. The highest BCUT2D eigenvalue weighted by Crippen LogP contribution is 2.28. The number of carbonyl (C=O) groups excluding carboxylic acids is 1. The van der Waals surface area contributed by atoms with Gasteiger partial charge >= 0.3 is 0 Å². The van der Waals surface area contributed by atoms with Crippen LogP contribution in [-0.4, -0.2) is 33.2 Å². The summed E-state index contributed by atoms with van der Waals surface area (Å²) in [7, 11) is 0. The van der Waals surface area contributed by atoms with Crippen LogP contribution >= 0.6 is 11.8 Å². The third kappa shape index (κ3) is 3.65. The van der Waals surface area contributed by atoms with Gasteiger partial charge < -0.3 is 0 Å². The minimum Gasteiger partial charge on any atom is -0.290 e. The fraction of sp³-hybridized carbons (Fsp3) is 0.467. The Morgan fingerprint density at radius 1 is 1.50 bits per heavy atom. The average Bonchev–Trinajstić information content (AvgIpc) is 2.81. The fourth-order valence-corrected chi connectivity index (χ4v) is 2.99. The largest absolute Gasteiger partial charge is 0.290 e. The molecule has 1 aliphatic rings. The molecule has 6 nitrogen and oxygen atoms in total. The molecule has 0 aliphatic carbocycles. The van der Waals surface area contributed by atoms with E-state index in [1.807, 2.05) is 0 Å². The van der Waals surface area contributed by atoms with Crippen molar-refractivity contribution in [2.75, 3.05) is 12.3 Å². The van der Waals surface area contributed by atoms with Crippen LogP contribution in [0.5, 0.6) is 0 Å². The van der Waals surface area contributed by atoms with Gasteiger partial charge in [0.05, 0.1) is 16.4 Å². The van der Waals surface area contributed by atoms with Crippen molar-refractivity contribution in [1.29, 1.82) is 0 Å². The number of thioether (sulfide) groups is 1. The van der Waals surface area contributed by atoms with E-state index in [4.69, 9.17) is 0 Å². The topological polar surface area (TPSA) is 75.8 Å². The van der Waals surface area contributed by atoms with Gasteiger partial charge in [-0.25, -0.2) is 4.99 Å². The number of amidine groups is 1. The van der Waals surface area contributed by atoms with Crippen LogP contribution in [0.1, 0.15) is 25.8 Å². The van der Waals surface area contributed by atoms with Gasteiger partial charge in [-0.2, -0.15) is 0 Å². The van der Waals surface area contributed by atoms with E-state index in [9.17, 15) is 14.9 Å². The highest BCUT2D eigenvalue weighted by molar-refractivity contribution is 8.15. The lowest BCUT2D eigenvalue weighted by Gasteiger charge is -2.19. The molecule has 118 valence electrons. The van der Waals surface area contributed by atoms with Crippen LogP contribution < -0.4 is 0 Å². The number of rotatable bonds is 5. The molecule has 0 saturated carbocycles. The molecule has 0 N–H and O–H groups in total. The maximum atomic E-state index is 12.0. The predicted molar refractivity (Wildman–Crippen MR) is 88.6 cm³/mol. The summed E-state index contributed by atoms with van der Waals surface area (Å²) in [6, 6.07) is 4.57. The van der Waals surface area contributed by atoms with Gasteiger partial charge in [-0.05, 0) is 24.5 Å². The standard InChI is InChI=1S/C15H19N3O3S/c1-4-10(2)8-17-14(19)9-22-15(17)16-13-6-5-12(18(20)21)7-11(13)3/h5-7,10H,4,8-9H2,1-3H3/t10-/m0/s1. The molecule has 22 heavy (non-hydrogen) atoms. The smallest absolute Gasteiger partial charge is 0.269 e. The molecule has 1 saturated heterocycles. The molecule has 0 spiro atoms. The van der Waals surface area contributed by atoms with Gasteiger partial charge in [0.25, 0.3) is 5.69 Å². The molecule has 1 fully saturated rings. The van der Waals surface area contributed by atoms with E-state index in [0.29, 0.717) is 29.1 Å². The molecule has 7 heteroatoms. The van der Waals surface area contributed by atoms with Crippen LogP contribution in [0.3, 0.4) is 0 Å². The van der Waals surface area contributed by atoms with Gasteiger partial charge in [0.15, 0.2) is 5.17 Å². The number of nitro benzene ring substituents is 1. The lowest BCUT2D eigenvalue weighted by molar-refractivity contribution is -0.384. The molecule has 0 unspecified atom stereocenters. The third-order valence-corrected chi connectivity index (χ3v) is 4.62. The van der Waals surface area contributed by atoms with E-state index in [2.05, 4.69) is 18.8 Å². The van der Waals surface area contributed by atoms with E-state index < -0.39 is 4.92 Å². The van der Waals surface area contributed by atoms with Crippen molar-refractivity contribution in [3.05, 3.63) is 33.9 Å². The van der Waals surface area contributed by atoms with Crippen LogP contribution in [0.15, 0.2) is 23.2 Å². The van der Waals surface area contributed by atoms with E-state index >= 15 is 0 Å². The summed E-state index contributed by atoms with van der Waals surface area (Å²) in [5, 5.41) is 11.5. The highest BCUT2D eigenvalue weighted by Gasteiger charge is 2.29. The zero-order chi connectivity index (χ0) is 16.3. The summed E-state index contributed by atoms with van der Waals surface area (Å²) >= 11 is 1.42. The molecule has 2 rings (SSSR count). The first kappa shape index (κ1) is 16.5. The fourth-order valence-electron chi connectivity index (χ4n) is 2.08. The van der Waals surface area contributed by atoms with Crippen LogP contribution in [0.25, 0.3) is 0 Å². The molecule has 0 bridgehead atoms. The number of aryl methyl sites for hydroxylation is 1. The van der Waals surface area contributed by atoms with Crippen molar-refractivity contribution in [2.24, 2.45) is 10.9 Å². The number of benzene rings is 1. The first-order valence-electron chi connectivity index (χ1n) is 7.19. The van der Waals surface area contributed by atoms with Crippen molar-refractivity contribution in [3.63, 3.8) is 0 Å². The summed E-state index contributed by atoms with van der Waals surface area (Å²) < 4.78 is 0. The van der Waals surface area contributed by atoms with Gasteiger partial charge in [-0.1, -0.05) is 32.0 Å². The lowest BCUT2D eigenvalue weighted by atomic mass is 10.1. The molecular weight excluding hydrogens is 302 g/mol. The Kier molecular flexibility index (Phi) is 5.18.